The third kappa shape index (κ3) is 6.56. The normalized spacial score (nSPS) is 12.1. The lowest BCUT2D eigenvalue weighted by molar-refractivity contribution is -0.132. The molecule has 2 aromatic rings. The summed E-state index contributed by atoms with van der Waals surface area (Å²) in [5, 5.41) is 0. The number of carbonyl (C=O) groups excluding carboxylic acids is 1. The quantitative estimate of drug-likeness (QED) is 0.637. The zero-order chi connectivity index (χ0) is 19.9. The molecule has 0 fully saturated rings. The third-order valence-corrected chi connectivity index (χ3v) is 5.63. The van der Waals surface area contributed by atoms with Gasteiger partial charge in [-0.25, -0.2) is 12.8 Å². The minimum absolute atomic E-state index is 0. The molecule has 0 radical (unpaired) electrons. The highest BCUT2D eigenvalue weighted by atomic mass is 35.5. The summed E-state index contributed by atoms with van der Waals surface area (Å²) in [5.41, 5.74) is 6.65. The van der Waals surface area contributed by atoms with E-state index in [1.165, 1.54) is 24.0 Å². The molecule has 0 heterocycles. The van der Waals surface area contributed by atoms with Crippen LogP contribution in [0.15, 0.2) is 59.5 Å². The van der Waals surface area contributed by atoms with Crippen LogP contribution in [0.1, 0.15) is 12.5 Å². The van der Waals surface area contributed by atoms with E-state index in [0.717, 1.165) is 17.7 Å². The van der Waals surface area contributed by atoms with E-state index in [2.05, 4.69) is 4.72 Å². The highest BCUT2D eigenvalue weighted by Gasteiger charge is 2.27. The number of nitrogens with zero attached hydrogens (tertiary/aromatic N) is 1. The van der Waals surface area contributed by atoms with E-state index in [4.69, 9.17) is 5.73 Å². The first-order valence-electron chi connectivity index (χ1n) is 8.65. The Balaban J connectivity index is 0.00000392. The second-order valence-corrected chi connectivity index (χ2v) is 7.81. The lowest BCUT2D eigenvalue weighted by atomic mass is 10.1. The highest BCUT2D eigenvalue weighted by Crippen LogP contribution is 2.14. The molecule has 1 amide bonds. The standard InChI is InChI=1S/C19H24FN3O3S.ClH/c1-15(22-27(25,26)18-10-6-5-9-17(18)20)19(24)23(14-12-21)13-11-16-7-3-2-4-8-16;/h2-10,15,22H,11-14,21H2,1H3;1H. The summed E-state index contributed by atoms with van der Waals surface area (Å²) in [4.78, 5) is 13.7. The molecule has 3 N–H and O–H groups in total. The van der Waals surface area contributed by atoms with Gasteiger partial charge in [0, 0.05) is 19.6 Å². The van der Waals surface area contributed by atoms with Crippen molar-refractivity contribution < 1.29 is 17.6 Å². The number of carbonyl (C=O) groups is 1. The minimum atomic E-state index is -4.15. The summed E-state index contributed by atoms with van der Waals surface area (Å²) >= 11 is 0. The van der Waals surface area contributed by atoms with Crippen LogP contribution in [0.25, 0.3) is 0 Å². The Bertz CT molecular complexity index is 866. The smallest absolute Gasteiger partial charge is 0.244 e. The first kappa shape index (κ1) is 24.0. The molecular weight excluding hydrogens is 405 g/mol. The minimum Gasteiger partial charge on any atom is -0.340 e. The summed E-state index contributed by atoms with van der Waals surface area (Å²) in [6.07, 6.45) is 0.624. The third-order valence-electron chi connectivity index (χ3n) is 4.05. The lowest BCUT2D eigenvalue weighted by Gasteiger charge is -2.26. The van der Waals surface area contributed by atoms with Crippen molar-refractivity contribution in [2.75, 3.05) is 19.6 Å². The van der Waals surface area contributed by atoms with Crippen molar-refractivity contribution in [2.24, 2.45) is 5.73 Å². The molecule has 0 aliphatic carbocycles. The second-order valence-electron chi connectivity index (χ2n) is 6.12. The van der Waals surface area contributed by atoms with E-state index in [-0.39, 0.29) is 19.0 Å². The van der Waals surface area contributed by atoms with Crippen molar-refractivity contribution in [3.05, 3.63) is 66.0 Å². The fourth-order valence-corrected chi connectivity index (χ4v) is 3.96. The molecule has 154 valence electrons. The fraction of sp³-hybridized carbons (Fsp3) is 0.316. The Hall–Kier alpha value is -2.00. The Labute approximate surface area is 171 Å². The Morgan fingerprint density at radius 3 is 2.32 bits per heavy atom. The van der Waals surface area contributed by atoms with Crippen LogP contribution >= 0.6 is 12.4 Å². The fourth-order valence-electron chi connectivity index (χ4n) is 2.68. The van der Waals surface area contributed by atoms with Crippen molar-refractivity contribution in [2.45, 2.75) is 24.3 Å². The van der Waals surface area contributed by atoms with Gasteiger partial charge in [-0.2, -0.15) is 4.72 Å². The van der Waals surface area contributed by atoms with Gasteiger partial charge in [0.05, 0.1) is 6.04 Å². The van der Waals surface area contributed by atoms with Gasteiger partial charge in [0.1, 0.15) is 10.7 Å². The molecule has 1 atom stereocenters. The summed E-state index contributed by atoms with van der Waals surface area (Å²) in [6, 6.07) is 13.6. The molecular formula is C19H25ClFN3O3S. The van der Waals surface area contributed by atoms with E-state index in [1.807, 2.05) is 30.3 Å². The van der Waals surface area contributed by atoms with Crippen LogP contribution < -0.4 is 10.5 Å². The molecule has 6 nitrogen and oxygen atoms in total. The van der Waals surface area contributed by atoms with Crippen LogP contribution in [0.4, 0.5) is 4.39 Å². The van der Waals surface area contributed by atoms with Gasteiger partial charge in [-0.3, -0.25) is 4.79 Å². The van der Waals surface area contributed by atoms with Crippen molar-refractivity contribution in [3.8, 4) is 0 Å². The number of amides is 1. The first-order valence-corrected chi connectivity index (χ1v) is 10.1. The van der Waals surface area contributed by atoms with Crippen molar-refractivity contribution >= 4 is 28.3 Å². The van der Waals surface area contributed by atoms with Crippen LogP contribution in [0.2, 0.25) is 0 Å². The SMILES string of the molecule is CC(NS(=O)(=O)c1ccccc1F)C(=O)N(CCN)CCc1ccccc1.Cl. The zero-order valence-electron chi connectivity index (χ0n) is 15.5. The molecule has 1 unspecified atom stereocenters. The number of benzene rings is 2. The summed E-state index contributed by atoms with van der Waals surface area (Å²) in [7, 11) is -4.15. The predicted molar refractivity (Wildman–Crippen MR) is 109 cm³/mol. The average molecular weight is 430 g/mol. The number of rotatable bonds is 9. The largest absolute Gasteiger partial charge is 0.340 e. The average Bonchev–Trinajstić information content (AvgIpc) is 2.65. The summed E-state index contributed by atoms with van der Waals surface area (Å²) in [5.74, 6) is -1.27. The lowest BCUT2D eigenvalue weighted by Crippen LogP contribution is -2.48. The number of nitrogens with one attached hydrogen (secondary N) is 1. The number of hydrogen-bond acceptors (Lipinski definition) is 4. The van der Waals surface area contributed by atoms with E-state index < -0.39 is 32.7 Å². The maximum Gasteiger partial charge on any atom is 0.244 e. The van der Waals surface area contributed by atoms with Gasteiger partial charge < -0.3 is 10.6 Å². The maximum atomic E-state index is 13.8. The predicted octanol–water partition coefficient (Wildman–Crippen LogP) is 1.94. The van der Waals surface area contributed by atoms with E-state index in [1.54, 1.807) is 0 Å². The van der Waals surface area contributed by atoms with E-state index >= 15 is 0 Å². The Morgan fingerprint density at radius 1 is 1.11 bits per heavy atom. The molecule has 0 bridgehead atoms. The number of hydrogen-bond donors (Lipinski definition) is 2. The van der Waals surface area contributed by atoms with Crippen LogP contribution in [-0.4, -0.2) is 44.9 Å². The molecule has 0 saturated carbocycles. The van der Waals surface area contributed by atoms with Crippen LogP contribution in [0, 0.1) is 5.82 Å². The molecule has 2 rings (SSSR count). The van der Waals surface area contributed by atoms with Crippen LogP contribution in [-0.2, 0) is 21.2 Å². The van der Waals surface area contributed by atoms with Gasteiger partial charge in [0.2, 0.25) is 15.9 Å². The molecule has 0 aliphatic rings. The Morgan fingerprint density at radius 2 is 1.71 bits per heavy atom. The van der Waals surface area contributed by atoms with Gasteiger partial charge in [-0.05, 0) is 31.0 Å². The monoisotopic (exact) mass is 429 g/mol. The number of sulfonamides is 1. The van der Waals surface area contributed by atoms with Gasteiger partial charge in [-0.15, -0.1) is 12.4 Å². The van der Waals surface area contributed by atoms with Crippen LogP contribution in [0.5, 0.6) is 0 Å². The van der Waals surface area contributed by atoms with E-state index in [0.29, 0.717) is 19.5 Å². The van der Waals surface area contributed by atoms with Crippen molar-refractivity contribution in [1.82, 2.24) is 9.62 Å². The summed E-state index contributed by atoms with van der Waals surface area (Å²) < 4.78 is 40.8. The van der Waals surface area contributed by atoms with Crippen LogP contribution in [0.3, 0.4) is 0 Å². The molecule has 28 heavy (non-hydrogen) atoms. The topological polar surface area (TPSA) is 92.5 Å². The van der Waals surface area contributed by atoms with E-state index in [9.17, 15) is 17.6 Å². The van der Waals surface area contributed by atoms with Crippen molar-refractivity contribution in [3.63, 3.8) is 0 Å². The van der Waals surface area contributed by atoms with Crippen molar-refractivity contribution in [1.29, 1.82) is 0 Å². The van der Waals surface area contributed by atoms with Gasteiger partial charge in [0.15, 0.2) is 0 Å². The molecule has 2 aromatic carbocycles. The first-order chi connectivity index (χ1) is 12.8. The molecule has 0 spiro atoms. The molecule has 0 saturated heterocycles. The second kappa shape index (κ2) is 11.1. The summed E-state index contributed by atoms with van der Waals surface area (Å²) in [6.45, 7) is 2.41. The van der Waals surface area contributed by atoms with Gasteiger partial charge in [-0.1, -0.05) is 42.5 Å². The van der Waals surface area contributed by atoms with Gasteiger partial charge in [0.25, 0.3) is 0 Å². The maximum absolute atomic E-state index is 13.8. The number of halogens is 2. The zero-order valence-corrected chi connectivity index (χ0v) is 17.2. The molecule has 0 aliphatic heterocycles. The molecule has 9 heteroatoms. The van der Waals surface area contributed by atoms with Gasteiger partial charge >= 0.3 is 0 Å². The number of nitrogens with two attached hydrogens (primary N) is 1. The highest BCUT2D eigenvalue weighted by molar-refractivity contribution is 7.89. The Kier molecular flexibility index (Phi) is 9.54. The molecule has 0 aromatic heterocycles.